The Labute approximate surface area is 235 Å². The molecule has 5 nitrogen and oxygen atoms in total. The third kappa shape index (κ3) is 8.19. The monoisotopic (exact) mass is 578 g/mol. The van der Waals surface area contributed by atoms with Crippen molar-refractivity contribution in [3.8, 4) is 5.75 Å². The second kappa shape index (κ2) is 14.1. The van der Waals surface area contributed by atoms with E-state index in [1.54, 1.807) is 4.90 Å². The van der Waals surface area contributed by atoms with E-state index in [0.29, 0.717) is 24.6 Å². The summed E-state index contributed by atoms with van der Waals surface area (Å²) in [7, 11) is 0. The number of amides is 2. The maximum absolute atomic E-state index is 13.8. The summed E-state index contributed by atoms with van der Waals surface area (Å²) in [6.45, 7) is 10.4. The van der Waals surface area contributed by atoms with Gasteiger partial charge in [-0.1, -0.05) is 81.4 Å². The quantitative estimate of drug-likeness (QED) is 0.256. The van der Waals surface area contributed by atoms with Crippen LogP contribution in [0.5, 0.6) is 5.75 Å². The first-order valence-electron chi connectivity index (χ1n) is 13.3. The number of nitrogens with zero attached hydrogens (tertiary/aromatic N) is 1. The summed E-state index contributed by atoms with van der Waals surface area (Å²) in [5, 5.41) is 3.10. The van der Waals surface area contributed by atoms with Gasteiger partial charge < -0.3 is 15.0 Å². The van der Waals surface area contributed by atoms with E-state index in [4.69, 9.17) is 4.74 Å². The molecule has 0 saturated heterocycles. The summed E-state index contributed by atoms with van der Waals surface area (Å²) >= 11 is 3.58. The van der Waals surface area contributed by atoms with Crippen molar-refractivity contribution in [1.29, 1.82) is 0 Å². The molecule has 0 fully saturated rings. The van der Waals surface area contributed by atoms with E-state index in [1.165, 1.54) is 5.56 Å². The SMILES string of the molecule is CC[C@@H](C)NC(=O)[C@H](Cc1ccccc1)N(Cc1ccccc1C)C(=O)COc1ccc(C(C)C)cc1Br. The van der Waals surface area contributed by atoms with Crippen molar-refractivity contribution in [3.05, 3.63) is 99.5 Å². The Hall–Kier alpha value is -3.12. The fourth-order valence-electron chi connectivity index (χ4n) is 4.18. The highest BCUT2D eigenvalue weighted by Crippen LogP contribution is 2.29. The lowest BCUT2D eigenvalue weighted by Gasteiger charge is -2.32. The van der Waals surface area contributed by atoms with Crippen LogP contribution in [0.4, 0.5) is 0 Å². The van der Waals surface area contributed by atoms with Crippen LogP contribution in [0.3, 0.4) is 0 Å². The lowest BCUT2D eigenvalue weighted by Crippen LogP contribution is -2.53. The van der Waals surface area contributed by atoms with Crippen LogP contribution in [0.2, 0.25) is 0 Å². The first-order valence-corrected chi connectivity index (χ1v) is 14.1. The van der Waals surface area contributed by atoms with Gasteiger partial charge in [0.15, 0.2) is 6.61 Å². The zero-order chi connectivity index (χ0) is 27.7. The topological polar surface area (TPSA) is 58.6 Å². The Morgan fingerprint density at radius 2 is 1.66 bits per heavy atom. The second-order valence-electron chi connectivity index (χ2n) is 10.1. The number of aryl methyl sites for hydroxylation is 1. The fourth-order valence-corrected chi connectivity index (χ4v) is 4.69. The molecule has 6 heteroatoms. The maximum Gasteiger partial charge on any atom is 0.261 e. The molecule has 0 bridgehead atoms. The van der Waals surface area contributed by atoms with Gasteiger partial charge in [0.25, 0.3) is 5.91 Å². The predicted molar refractivity (Wildman–Crippen MR) is 157 cm³/mol. The van der Waals surface area contributed by atoms with Crippen LogP contribution < -0.4 is 10.1 Å². The molecular formula is C32H39BrN2O3. The number of carbonyl (C=O) groups is 2. The standard InChI is InChI=1S/C32H39BrN2O3/c1-6-24(5)34-32(37)29(18-25-13-8-7-9-14-25)35(20-27-15-11-10-12-23(27)4)31(36)21-38-30-17-16-26(22(2)3)19-28(30)33/h7-17,19,22,24,29H,6,18,20-21H2,1-5H3,(H,34,37)/t24-,29+/m1/s1. The molecule has 2 amide bonds. The zero-order valence-corrected chi connectivity index (χ0v) is 24.6. The summed E-state index contributed by atoms with van der Waals surface area (Å²) in [6.07, 6.45) is 1.21. The van der Waals surface area contributed by atoms with E-state index < -0.39 is 6.04 Å². The van der Waals surface area contributed by atoms with Crippen molar-refractivity contribution in [2.45, 2.75) is 72.0 Å². The van der Waals surface area contributed by atoms with Crippen LogP contribution in [-0.4, -0.2) is 35.4 Å². The first-order chi connectivity index (χ1) is 18.2. The van der Waals surface area contributed by atoms with Crippen molar-refractivity contribution in [2.75, 3.05) is 6.61 Å². The summed E-state index contributed by atoms with van der Waals surface area (Å²) < 4.78 is 6.80. The number of rotatable bonds is 12. The van der Waals surface area contributed by atoms with Crippen molar-refractivity contribution in [2.24, 2.45) is 0 Å². The summed E-state index contributed by atoms with van der Waals surface area (Å²) in [6, 6.07) is 23.0. The molecule has 3 aromatic carbocycles. The van der Waals surface area contributed by atoms with Gasteiger partial charge in [0.05, 0.1) is 4.47 Å². The van der Waals surface area contributed by atoms with Gasteiger partial charge in [-0.2, -0.15) is 0 Å². The number of hydrogen-bond donors (Lipinski definition) is 1. The smallest absolute Gasteiger partial charge is 0.261 e. The van der Waals surface area contributed by atoms with E-state index in [2.05, 4.69) is 35.1 Å². The molecule has 3 rings (SSSR count). The molecule has 1 N–H and O–H groups in total. The maximum atomic E-state index is 13.8. The van der Waals surface area contributed by atoms with E-state index in [1.807, 2.05) is 93.6 Å². The summed E-state index contributed by atoms with van der Waals surface area (Å²) in [5.41, 5.74) is 4.24. The van der Waals surface area contributed by atoms with Crippen LogP contribution in [-0.2, 0) is 22.6 Å². The van der Waals surface area contributed by atoms with Crippen molar-refractivity contribution in [1.82, 2.24) is 10.2 Å². The molecule has 0 spiro atoms. The van der Waals surface area contributed by atoms with Gasteiger partial charge in [0, 0.05) is 19.0 Å². The minimum absolute atomic E-state index is 0.00265. The van der Waals surface area contributed by atoms with Gasteiger partial charge in [-0.25, -0.2) is 0 Å². The zero-order valence-electron chi connectivity index (χ0n) is 23.0. The number of nitrogens with one attached hydrogen (secondary N) is 1. The molecule has 0 unspecified atom stereocenters. The van der Waals surface area contributed by atoms with Gasteiger partial charge in [0.2, 0.25) is 5.91 Å². The van der Waals surface area contributed by atoms with Crippen LogP contribution in [0.1, 0.15) is 62.3 Å². The normalized spacial score (nSPS) is 12.6. The van der Waals surface area contributed by atoms with E-state index in [-0.39, 0.29) is 24.5 Å². The van der Waals surface area contributed by atoms with Crippen molar-refractivity contribution in [3.63, 3.8) is 0 Å². The Morgan fingerprint density at radius 3 is 2.29 bits per heavy atom. The van der Waals surface area contributed by atoms with Crippen molar-refractivity contribution < 1.29 is 14.3 Å². The molecule has 3 aromatic rings. The van der Waals surface area contributed by atoms with Gasteiger partial charge in [-0.05, 0) is 76.5 Å². The molecule has 0 aliphatic carbocycles. The molecular weight excluding hydrogens is 540 g/mol. The minimum Gasteiger partial charge on any atom is -0.483 e. The molecule has 38 heavy (non-hydrogen) atoms. The predicted octanol–water partition coefficient (Wildman–Crippen LogP) is 6.81. The average Bonchev–Trinajstić information content (AvgIpc) is 2.91. The van der Waals surface area contributed by atoms with Gasteiger partial charge in [0.1, 0.15) is 11.8 Å². The molecule has 2 atom stereocenters. The number of carbonyl (C=O) groups excluding carboxylic acids is 2. The average molecular weight is 580 g/mol. The second-order valence-corrected chi connectivity index (χ2v) is 11.0. The molecule has 0 radical (unpaired) electrons. The Balaban J connectivity index is 1.92. The van der Waals surface area contributed by atoms with E-state index in [0.717, 1.165) is 27.6 Å². The number of ether oxygens (including phenoxy) is 1. The molecule has 0 aliphatic rings. The van der Waals surface area contributed by atoms with Crippen LogP contribution in [0.25, 0.3) is 0 Å². The number of hydrogen-bond acceptors (Lipinski definition) is 3. The molecule has 0 saturated carbocycles. The molecule has 0 heterocycles. The summed E-state index contributed by atoms with van der Waals surface area (Å²) in [4.78, 5) is 29.1. The Kier molecular flexibility index (Phi) is 11.0. The van der Waals surface area contributed by atoms with E-state index >= 15 is 0 Å². The molecule has 202 valence electrons. The third-order valence-electron chi connectivity index (χ3n) is 6.85. The van der Waals surface area contributed by atoms with Crippen LogP contribution in [0.15, 0.2) is 77.3 Å². The lowest BCUT2D eigenvalue weighted by molar-refractivity contribution is -0.143. The highest BCUT2D eigenvalue weighted by Gasteiger charge is 2.31. The van der Waals surface area contributed by atoms with E-state index in [9.17, 15) is 9.59 Å². The highest BCUT2D eigenvalue weighted by atomic mass is 79.9. The lowest BCUT2D eigenvalue weighted by atomic mass is 10.0. The minimum atomic E-state index is -0.686. The fraction of sp³-hybridized carbons (Fsp3) is 0.375. The van der Waals surface area contributed by atoms with Gasteiger partial charge in [-0.15, -0.1) is 0 Å². The van der Waals surface area contributed by atoms with Crippen LogP contribution >= 0.6 is 15.9 Å². The van der Waals surface area contributed by atoms with Crippen molar-refractivity contribution >= 4 is 27.7 Å². The largest absolute Gasteiger partial charge is 0.483 e. The Morgan fingerprint density at radius 1 is 0.974 bits per heavy atom. The number of benzene rings is 3. The molecule has 0 aliphatic heterocycles. The molecule has 0 aromatic heterocycles. The third-order valence-corrected chi connectivity index (χ3v) is 7.47. The Bertz CT molecular complexity index is 1210. The van der Waals surface area contributed by atoms with Gasteiger partial charge >= 0.3 is 0 Å². The van der Waals surface area contributed by atoms with Gasteiger partial charge in [-0.3, -0.25) is 9.59 Å². The summed E-state index contributed by atoms with van der Waals surface area (Å²) in [5.74, 6) is 0.581. The highest BCUT2D eigenvalue weighted by molar-refractivity contribution is 9.10. The first kappa shape index (κ1) is 29.4. The van der Waals surface area contributed by atoms with Crippen LogP contribution in [0, 0.1) is 6.92 Å². The number of halogens is 1.